The molecule has 1 atom stereocenters. The molecule has 0 aromatic carbocycles. The molecule has 17 heavy (non-hydrogen) atoms. The van der Waals surface area contributed by atoms with Crippen LogP contribution in [0.15, 0.2) is 0 Å². The summed E-state index contributed by atoms with van der Waals surface area (Å²) in [7, 11) is 4.98. The fourth-order valence-corrected chi connectivity index (χ4v) is 1.46. The van der Waals surface area contributed by atoms with Crippen LogP contribution in [0.5, 0.6) is 0 Å². The standard InChI is InChI=1S/C13H28O4/c1-12(2,3)17-9-8-11(14-5)10-13(4,15-6)16-7/h11H,8-10H2,1-7H3. The second-order valence-corrected chi connectivity index (χ2v) is 5.35. The van der Waals surface area contributed by atoms with Gasteiger partial charge >= 0.3 is 0 Å². The van der Waals surface area contributed by atoms with E-state index in [9.17, 15) is 0 Å². The van der Waals surface area contributed by atoms with Gasteiger partial charge in [-0.2, -0.15) is 0 Å². The van der Waals surface area contributed by atoms with E-state index in [1.165, 1.54) is 0 Å². The molecule has 1 unspecified atom stereocenters. The minimum atomic E-state index is -0.595. The maximum Gasteiger partial charge on any atom is 0.167 e. The lowest BCUT2D eigenvalue weighted by molar-refractivity contribution is -0.212. The fraction of sp³-hybridized carbons (Fsp3) is 1.00. The summed E-state index contributed by atoms with van der Waals surface area (Å²) in [5.74, 6) is -0.595. The lowest BCUT2D eigenvalue weighted by Gasteiger charge is -2.30. The van der Waals surface area contributed by atoms with Gasteiger partial charge in [0, 0.05) is 34.4 Å². The van der Waals surface area contributed by atoms with Crippen LogP contribution in [0.4, 0.5) is 0 Å². The van der Waals surface area contributed by atoms with Crippen LogP contribution in [-0.2, 0) is 18.9 Å². The summed E-state index contributed by atoms with van der Waals surface area (Å²) in [4.78, 5) is 0. The van der Waals surface area contributed by atoms with E-state index in [1.54, 1.807) is 21.3 Å². The van der Waals surface area contributed by atoms with Gasteiger partial charge in [0.05, 0.1) is 11.7 Å². The van der Waals surface area contributed by atoms with Crippen molar-refractivity contribution in [2.45, 2.75) is 58.0 Å². The van der Waals surface area contributed by atoms with Crippen LogP contribution in [0.3, 0.4) is 0 Å². The summed E-state index contributed by atoms with van der Waals surface area (Å²) in [6.45, 7) is 8.71. The molecule has 0 heterocycles. The molecule has 0 aromatic heterocycles. The minimum Gasteiger partial charge on any atom is -0.381 e. The smallest absolute Gasteiger partial charge is 0.167 e. The van der Waals surface area contributed by atoms with Crippen LogP contribution in [0, 0.1) is 0 Å². The van der Waals surface area contributed by atoms with Crippen molar-refractivity contribution in [1.29, 1.82) is 0 Å². The molecule has 0 spiro atoms. The van der Waals surface area contributed by atoms with Crippen molar-refractivity contribution in [1.82, 2.24) is 0 Å². The number of rotatable bonds is 8. The molecule has 0 aromatic rings. The Morgan fingerprint density at radius 2 is 1.47 bits per heavy atom. The first-order valence-electron chi connectivity index (χ1n) is 6.03. The first-order chi connectivity index (χ1) is 7.76. The maximum absolute atomic E-state index is 5.68. The zero-order chi connectivity index (χ0) is 13.5. The zero-order valence-corrected chi connectivity index (χ0v) is 12.3. The Kier molecular flexibility index (Phi) is 7.24. The molecule has 0 aliphatic rings. The normalized spacial score (nSPS) is 15.0. The topological polar surface area (TPSA) is 36.9 Å². The van der Waals surface area contributed by atoms with E-state index >= 15 is 0 Å². The van der Waals surface area contributed by atoms with Gasteiger partial charge < -0.3 is 18.9 Å². The van der Waals surface area contributed by atoms with Crippen molar-refractivity contribution in [3.8, 4) is 0 Å². The van der Waals surface area contributed by atoms with Crippen LogP contribution >= 0.6 is 0 Å². The molecule has 0 N–H and O–H groups in total. The summed E-state index contributed by atoms with van der Waals surface area (Å²) in [6.07, 6.45) is 1.59. The van der Waals surface area contributed by atoms with Gasteiger partial charge in [0.1, 0.15) is 0 Å². The van der Waals surface area contributed by atoms with E-state index in [4.69, 9.17) is 18.9 Å². The molecular formula is C13H28O4. The highest BCUT2D eigenvalue weighted by molar-refractivity contribution is 4.70. The Balaban J connectivity index is 4.08. The van der Waals surface area contributed by atoms with Crippen LogP contribution in [-0.4, -0.2) is 45.4 Å². The lowest BCUT2D eigenvalue weighted by atomic mass is 10.1. The number of methoxy groups -OCH3 is 3. The van der Waals surface area contributed by atoms with E-state index < -0.39 is 5.79 Å². The first kappa shape index (κ1) is 16.8. The molecule has 0 rings (SSSR count). The summed E-state index contributed by atoms with van der Waals surface area (Å²) < 4.78 is 21.8. The van der Waals surface area contributed by atoms with Gasteiger partial charge in [0.15, 0.2) is 5.79 Å². The van der Waals surface area contributed by atoms with Crippen LogP contribution in [0.1, 0.15) is 40.5 Å². The maximum atomic E-state index is 5.68. The quantitative estimate of drug-likeness (QED) is 0.619. The third kappa shape index (κ3) is 7.71. The largest absolute Gasteiger partial charge is 0.381 e. The lowest BCUT2D eigenvalue weighted by Crippen LogP contribution is -2.35. The Hall–Kier alpha value is -0.160. The summed E-state index contributed by atoms with van der Waals surface area (Å²) in [5, 5.41) is 0. The Morgan fingerprint density at radius 3 is 1.82 bits per heavy atom. The molecule has 0 radical (unpaired) electrons. The van der Waals surface area contributed by atoms with Gasteiger partial charge in [0.2, 0.25) is 0 Å². The van der Waals surface area contributed by atoms with Crippen LogP contribution < -0.4 is 0 Å². The Labute approximate surface area is 106 Å². The van der Waals surface area contributed by atoms with Crippen LogP contribution in [0.25, 0.3) is 0 Å². The highest BCUT2D eigenvalue weighted by atomic mass is 16.7. The van der Waals surface area contributed by atoms with Gasteiger partial charge in [-0.05, 0) is 34.1 Å². The van der Waals surface area contributed by atoms with Gasteiger partial charge in [-0.1, -0.05) is 0 Å². The Morgan fingerprint density at radius 1 is 0.941 bits per heavy atom. The van der Waals surface area contributed by atoms with E-state index in [2.05, 4.69) is 0 Å². The summed E-state index contributed by atoms with van der Waals surface area (Å²) in [5.41, 5.74) is -0.107. The first-order valence-corrected chi connectivity index (χ1v) is 6.03. The van der Waals surface area contributed by atoms with Crippen molar-refractivity contribution < 1.29 is 18.9 Å². The molecule has 0 saturated heterocycles. The van der Waals surface area contributed by atoms with E-state index in [1.807, 2.05) is 27.7 Å². The van der Waals surface area contributed by atoms with Crippen molar-refractivity contribution >= 4 is 0 Å². The number of hydrogen-bond acceptors (Lipinski definition) is 4. The zero-order valence-electron chi connectivity index (χ0n) is 12.3. The minimum absolute atomic E-state index is 0.0715. The van der Waals surface area contributed by atoms with Gasteiger partial charge in [-0.25, -0.2) is 0 Å². The van der Waals surface area contributed by atoms with Crippen LogP contribution in [0.2, 0.25) is 0 Å². The average molecular weight is 248 g/mol. The van der Waals surface area contributed by atoms with Gasteiger partial charge in [-0.3, -0.25) is 0 Å². The second kappa shape index (κ2) is 7.31. The van der Waals surface area contributed by atoms with Gasteiger partial charge in [-0.15, -0.1) is 0 Å². The number of hydrogen-bond donors (Lipinski definition) is 0. The van der Waals surface area contributed by atoms with E-state index in [0.717, 1.165) is 6.42 Å². The van der Waals surface area contributed by atoms with Crippen molar-refractivity contribution in [2.75, 3.05) is 27.9 Å². The highest BCUT2D eigenvalue weighted by Crippen LogP contribution is 2.21. The molecule has 104 valence electrons. The fourth-order valence-electron chi connectivity index (χ4n) is 1.46. The molecule has 0 fully saturated rings. The third-order valence-corrected chi connectivity index (χ3v) is 2.77. The molecule has 0 saturated carbocycles. The summed E-state index contributed by atoms with van der Waals surface area (Å²) >= 11 is 0. The Bertz CT molecular complexity index is 194. The molecule has 0 aliphatic carbocycles. The molecule has 0 aliphatic heterocycles. The number of ether oxygens (including phenoxy) is 4. The molecule has 4 heteroatoms. The predicted octanol–water partition coefficient (Wildman–Crippen LogP) is 2.61. The highest BCUT2D eigenvalue weighted by Gasteiger charge is 2.27. The predicted molar refractivity (Wildman–Crippen MR) is 68.2 cm³/mol. The monoisotopic (exact) mass is 248 g/mol. The van der Waals surface area contributed by atoms with E-state index in [0.29, 0.717) is 13.0 Å². The third-order valence-electron chi connectivity index (χ3n) is 2.77. The average Bonchev–Trinajstić information content (AvgIpc) is 2.26. The van der Waals surface area contributed by atoms with E-state index in [-0.39, 0.29) is 11.7 Å². The SMILES string of the molecule is COC(CCOC(C)(C)C)CC(C)(OC)OC. The van der Waals surface area contributed by atoms with Crippen molar-refractivity contribution in [3.05, 3.63) is 0 Å². The molecule has 0 amide bonds. The molecular weight excluding hydrogens is 220 g/mol. The summed E-state index contributed by atoms with van der Waals surface area (Å²) in [6, 6.07) is 0. The molecule has 4 nitrogen and oxygen atoms in total. The van der Waals surface area contributed by atoms with Crippen molar-refractivity contribution in [3.63, 3.8) is 0 Å². The second-order valence-electron chi connectivity index (χ2n) is 5.35. The van der Waals surface area contributed by atoms with Gasteiger partial charge in [0.25, 0.3) is 0 Å². The van der Waals surface area contributed by atoms with Crippen molar-refractivity contribution in [2.24, 2.45) is 0 Å². The molecule has 0 bridgehead atoms.